The molecule has 0 aromatic carbocycles. The highest BCUT2D eigenvalue weighted by Crippen LogP contribution is 2.72. The average molecular weight is 437 g/mol. The molecule has 0 aromatic rings. The molecule has 4 aliphatic carbocycles. The van der Waals surface area contributed by atoms with Gasteiger partial charge in [-0.05, 0) is 42.1 Å². The highest BCUT2D eigenvalue weighted by Gasteiger charge is 2.76. The quantitative estimate of drug-likeness (QED) is 0.448. The fourth-order valence-corrected chi connectivity index (χ4v) is 8.22. The van der Waals surface area contributed by atoms with Crippen LogP contribution < -0.4 is 0 Å². The second-order valence-electron chi connectivity index (χ2n) is 11.2. The van der Waals surface area contributed by atoms with Crippen LogP contribution in [0.2, 0.25) is 0 Å². The summed E-state index contributed by atoms with van der Waals surface area (Å²) in [5.74, 6) is -1.61. The Balaban J connectivity index is 1.93. The molecule has 7 heteroatoms. The first-order chi connectivity index (χ1) is 14.3. The number of aliphatic hydroxyl groups is 3. The number of aliphatic hydroxyl groups excluding tert-OH is 3. The van der Waals surface area contributed by atoms with Crippen molar-refractivity contribution in [2.24, 2.45) is 34.0 Å². The molecule has 0 aliphatic heterocycles. The molecule has 4 saturated carbocycles. The summed E-state index contributed by atoms with van der Waals surface area (Å²) >= 11 is 0. The summed E-state index contributed by atoms with van der Waals surface area (Å²) in [5.41, 5.74) is -1.50. The smallest absolute Gasteiger partial charge is 0.302 e. The normalized spacial score (nSPS) is 50.3. The highest BCUT2D eigenvalue weighted by atomic mass is 16.6. The first-order valence-electron chi connectivity index (χ1n) is 11.3. The van der Waals surface area contributed by atoms with Gasteiger partial charge in [0.25, 0.3) is 0 Å². The summed E-state index contributed by atoms with van der Waals surface area (Å²) in [7, 11) is 0. The summed E-state index contributed by atoms with van der Waals surface area (Å²) in [6.07, 6.45) is -1.95. The molecule has 0 heterocycles. The van der Waals surface area contributed by atoms with Gasteiger partial charge in [-0.1, -0.05) is 27.4 Å². The lowest BCUT2D eigenvalue weighted by Crippen LogP contribution is -2.72. The van der Waals surface area contributed by atoms with Gasteiger partial charge in [0.2, 0.25) is 0 Å². The molecule has 4 aliphatic rings. The van der Waals surface area contributed by atoms with Crippen LogP contribution in [0.3, 0.4) is 0 Å². The molecule has 3 N–H and O–H groups in total. The van der Waals surface area contributed by atoms with Gasteiger partial charge in [0.1, 0.15) is 12.2 Å². The maximum atomic E-state index is 12.1. The molecule has 4 fully saturated rings. The minimum Gasteiger partial charge on any atom is -0.462 e. The molecular formula is C24H36O7. The predicted octanol–water partition coefficient (Wildman–Crippen LogP) is 1.97. The van der Waals surface area contributed by atoms with Gasteiger partial charge in [-0.15, -0.1) is 0 Å². The number of carbonyl (C=O) groups is 2. The van der Waals surface area contributed by atoms with Crippen molar-refractivity contribution in [3.63, 3.8) is 0 Å². The molecule has 0 saturated heterocycles. The molecule has 0 radical (unpaired) electrons. The number of carbonyl (C=O) groups excluding carboxylic acids is 2. The summed E-state index contributed by atoms with van der Waals surface area (Å²) in [4.78, 5) is 24.1. The Kier molecular flexibility index (Phi) is 5.16. The molecule has 1 spiro atoms. The number of esters is 2. The van der Waals surface area contributed by atoms with E-state index in [4.69, 9.17) is 9.47 Å². The van der Waals surface area contributed by atoms with E-state index in [1.165, 1.54) is 13.8 Å². The zero-order chi connectivity index (χ0) is 23.1. The van der Waals surface area contributed by atoms with Crippen molar-refractivity contribution in [1.29, 1.82) is 0 Å². The van der Waals surface area contributed by atoms with Crippen molar-refractivity contribution < 1.29 is 34.4 Å². The lowest BCUT2D eigenvalue weighted by atomic mass is 9.38. The maximum absolute atomic E-state index is 12.1. The van der Waals surface area contributed by atoms with E-state index in [2.05, 4.69) is 6.58 Å². The largest absolute Gasteiger partial charge is 0.462 e. The van der Waals surface area contributed by atoms with Crippen molar-refractivity contribution in [2.45, 2.75) is 90.8 Å². The van der Waals surface area contributed by atoms with E-state index in [-0.39, 0.29) is 18.3 Å². The van der Waals surface area contributed by atoms with E-state index >= 15 is 0 Å². The van der Waals surface area contributed by atoms with Crippen LogP contribution in [-0.4, -0.2) is 57.8 Å². The maximum Gasteiger partial charge on any atom is 0.302 e. The van der Waals surface area contributed by atoms with Crippen molar-refractivity contribution >= 4 is 11.9 Å². The zero-order valence-electron chi connectivity index (χ0n) is 19.1. The SMILES string of the molecule is C=C1[C@H]2C[C@H](O)[C@H]3[C@]4(C)[C@@H](OC(C)=O)C[C@H](O)C(C)(C)[C@H]4C[C@H](OC(C)=O)[C@]3(C2)[C@@H]1O. The Labute approximate surface area is 183 Å². The molecule has 0 unspecified atom stereocenters. The Morgan fingerprint density at radius 3 is 2.13 bits per heavy atom. The van der Waals surface area contributed by atoms with E-state index in [9.17, 15) is 24.9 Å². The van der Waals surface area contributed by atoms with Crippen LogP contribution in [0.5, 0.6) is 0 Å². The molecule has 2 bridgehead atoms. The molecule has 10 atom stereocenters. The fourth-order valence-electron chi connectivity index (χ4n) is 8.22. The Morgan fingerprint density at radius 1 is 0.968 bits per heavy atom. The molecule has 174 valence electrons. The third-order valence-corrected chi connectivity index (χ3v) is 9.45. The number of fused-ring (bicyclic) bond motifs is 3. The van der Waals surface area contributed by atoms with Crippen LogP contribution in [0.1, 0.15) is 60.3 Å². The van der Waals surface area contributed by atoms with E-state index in [1.807, 2.05) is 20.8 Å². The topological polar surface area (TPSA) is 113 Å². The van der Waals surface area contributed by atoms with Crippen LogP contribution in [0.25, 0.3) is 0 Å². The Bertz CT molecular complexity index is 806. The van der Waals surface area contributed by atoms with Crippen LogP contribution >= 0.6 is 0 Å². The first-order valence-corrected chi connectivity index (χ1v) is 11.3. The molecular weight excluding hydrogens is 400 g/mol. The second kappa shape index (κ2) is 7.03. The van der Waals surface area contributed by atoms with E-state index in [0.29, 0.717) is 24.8 Å². The second-order valence-corrected chi connectivity index (χ2v) is 11.2. The van der Waals surface area contributed by atoms with Gasteiger partial charge in [0.05, 0.1) is 18.3 Å². The van der Waals surface area contributed by atoms with Gasteiger partial charge in [0.15, 0.2) is 0 Å². The summed E-state index contributed by atoms with van der Waals surface area (Å²) in [6.45, 7) is 12.8. The molecule has 4 rings (SSSR count). The minimum atomic E-state index is -0.922. The van der Waals surface area contributed by atoms with Crippen LogP contribution in [0, 0.1) is 34.0 Å². The number of hydrogen-bond acceptors (Lipinski definition) is 7. The van der Waals surface area contributed by atoms with Gasteiger partial charge in [0, 0.05) is 37.0 Å². The standard InChI is InChI=1S/C24H36O7/c1-11-14-7-15(27)20-23(6)16(22(4,5)17(28)9-18(23)30-12(2)25)8-19(31-13(3)26)24(20,10-14)21(11)29/h14-21,27-29H,1,7-10H2,2-6H3/t14-,15-,16+,17-,18-,19-,20-,21+,23-,24-/m0/s1. The Hall–Kier alpha value is -1.44. The van der Waals surface area contributed by atoms with Crippen molar-refractivity contribution in [1.82, 2.24) is 0 Å². The highest BCUT2D eigenvalue weighted by molar-refractivity contribution is 5.67. The molecule has 0 amide bonds. The van der Waals surface area contributed by atoms with Gasteiger partial charge in [-0.2, -0.15) is 0 Å². The average Bonchev–Trinajstić information content (AvgIpc) is 2.83. The summed E-state index contributed by atoms with van der Waals surface area (Å²) < 4.78 is 11.6. The van der Waals surface area contributed by atoms with Crippen LogP contribution in [0.15, 0.2) is 12.2 Å². The van der Waals surface area contributed by atoms with Gasteiger partial charge in [-0.3, -0.25) is 9.59 Å². The predicted molar refractivity (Wildman–Crippen MR) is 112 cm³/mol. The van der Waals surface area contributed by atoms with E-state index in [0.717, 1.165) is 0 Å². The first kappa shape index (κ1) is 22.7. The van der Waals surface area contributed by atoms with Crippen LogP contribution in [-0.2, 0) is 19.1 Å². The number of rotatable bonds is 2. The van der Waals surface area contributed by atoms with Crippen molar-refractivity contribution in [2.75, 3.05) is 0 Å². The zero-order valence-corrected chi connectivity index (χ0v) is 19.1. The minimum absolute atomic E-state index is 0.0474. The van der Waals surface area contributed by atoms with Gasteiger partial charge in [-0.25, -0.2) is 0 Å². The fraction of sp³-hybridized carbons (Fsp3) is 0.833. The van der Waals surface area contributed by atoms with E-state index in [1.54, 1.807) is 0 Å². The lowest BCUT2D eigenvalue weighted by molar-refractivity contribution is -0.292. The Morgan fingerprint density at radius 2 is 1.55 bits per heavy atom. The third kappa shape index (κ3) is 2.89. The molecule has 31 heavy (non-hydrogen) atoms. The van der Waals surface area contributed by atoms with Gasteiger partial charge < -0.3 is 24.8 Å². The van der Waals surface area contributed by atoms with E-state index < -0.39 is 64.6 Å². The molecule has 7 nitrogen and oxygen atoms in total. The number of hydrogen-bond donors (Lipinski definition) is 3. The molecule has 0 aromatic heterocycles. The van der Waals surface area contributed by atoms with Crippen molar-refractivity contribution in [3.05, 3.63) is 12.2 Å². The van der Waals surface area contributed by atoms with Crippen molar-refractivity contribution in [3.8, 4) is 0 Å². The lowest BCUT2D eigenvalue weighted by Gasteiger charge is -2.68. The van der Waals surface area contributed by atoms with Crippen LogP contribution in [0.4, 0.5) is 0 Å². The monoisotopic (exact) mass is 436 g/mol. The third-order valence-electron chi connectivity index (χ3n) is 9.45. The number of ether oxygens (including phenoxy) is 2. The summed E-state index contributed by atoms with van der Waals surface area (Å²) in [6, 6.07) is 0. The summed E-state index contributed by atoms with van der Waals surface area (Å²) in [5, 5.41) is 33.9. The van der Waals surface area contributed by atoms with Gasteiger partial charge >= 0.3 is 11.9 Å².